The van der Waals surface area contributed by atoms with Crippen LogP contribution in [0.5, 0.6) is 5.75 Å². The average molecular weight is 351 g/mol. The summed E-state index contributed by atoms with van der Waals surface area (Å²) in [6, 6.07) is 10.6. The van der Waals surface area contributed by atoms with Crippen molar-refractivity contribution in [2.24, 2.45) is 5.92 Å². The van der Waals surface area contributed by atoms with Crippen molar-refractivity contribution < 1.29 is 9.26 Å². The van der Waals surface area contributed by atoms with Crippen molar-refractivity contribution in [2.75, 3.05) is 13.1 Å². The number of ether oxygens (including phenoxy) is 1. The summed E-state index contributed by atoms with van der Waals surface area (Å²) in [5.74, 6) is 1.91. The van der Waals surface area contributed by atoms with Crippen molar-refractivity contribution in [2.45, 2.75) is 44.9 Å². The molecule has 1 saturated heterocycles. The molecular weight excluding hydrogens is 326 g/mol. The third kappa shape index (κ3) is 3.36. The van der Waals surface area contributed by atoms with Crippen molar-refractivity contribution in [3.8, 4) is 5.75 Å². The molecule has 0 bridgehead atoms. The molecule has 2 aliphatic rings. The Morgan fingerprint density at radius 3 is 2.73 bits per heavy atom. The average Bonchev–Trinajstić information content (AvgIpc) is 3.15. The minimum Gasteiger partial charge on any atom is -0.490 e. The van der Waals surface area contributed by atoms with Gasteiger partial charge in [0.05, 0.1) is 11.2 Å². The Morgan fingerprint density at radius 1 is 1.08 bits per heavy atom. The van der Waals surface area contributed by atoms with Crippen molar-refractivity contribution in [1.82, 2.24) is 14.6 Å². The van der Waals surface area contributed by atoms with Crippen LogP contribution in [0.4, 0.5) is 0 Å². The molecule has 0 unspecified atom stereocenters. The molecule has 1 saturated carbocycles. The summed E-state index contributed by atoms with van der Waals surface area (Å²) in [5, 5.41) is 5.26. The molecular formula is C21H25N3O2. The first-order valence-electron chi connectivity index (χ1n) is 9.71. The first-order valence-corrected chi connectivity index (χ1v) is 9.71. The van der Waals surface area contributed by atoms with E-state index in [9.17, 15) is 0 Å². The van der Waals surface area contributed by atoms with Gasteiger partial charge in [-0.05, 0) is 49.8 Å². The maximum absolute atomic E-state index is 6.41. The topological polar surface area (TPSA) is 43.4 Å². The molecule has 2 aromatic heterocycles. The number of likely N-dealkylation sites (tertiary alicyclic amines) is 1. The van der Waals surface area contributed by atoms with Crippen LogP contribution in [0.2, 0.25) is 0 Å². The molecule has 3 heterocycles. The normalized spacial score (nSPS) is 19.2. The molecule has 0 radical (unpaired) electrons. The van der Waals surface area contributed by atoms with E-state index in [1.165, 1.54) is 23.7 Å². The molecule has 0 N–H and O–H groups in total. The summed E-state index contributed by atoms with van der Waals surface area (Å²) in [6.45, 7) is 4.09. The van der Waals surface area contributed by atoms with Crippen LogP contribution in [0.1, 0.15) is 31.4 Å². The molecule has 5 nitrogen and oxygen atoms in total. The lowest BCUT2D eigenvalue weighted by Crippen LogP contribution is -2.37. The fourth-order valence-corrected chi connectivity index (χ4v) is 3.95. The molecule has 3 aromatic rings. The van der Waals surface area contributed by atoms with Gasteiger partial charge in [0.15, 0.2) is 0 Å². The molecule has 0 atom stereocenters. The van der Waals surface area contributed by atoms with Gasteiger partial charge in [0, 0.05) is 43.8 Å². The Balaban J connectivity index is 1.23. The first-order chi connectivity index (χ1) is 12.8. The minimum absolute atomic E-state index is 0.293. The molecule has 0 amide bonds. The third-order valence-electron chi connectivity index (χ3n) is 5.63. The Kier molecular flexibility index (Phi) is 4.17. The lowest BCUT2D eigenvalue weighted by Gasteiger charge is -2.31. The zero-order valence-corrected chi connectivity index (χ0v) is 15.0. The van der Waals surface area contributed by atoms with E-state index in [1.54, 1.807) is 6.26 Å². The van der Waals surface area contributed by atoms with Crippen molar-refractivity contribution in [1.29, 1.82) is 0 Å². The van der Waals surface area contributed by atoms with Gasteiger partial charge in [0.2, 0.25) is 0 Å². The second-order valence-electron chi connectivity index (χ2n) is 7.68. The summed E-state index contributed by atoms with van der Waals surface area (Å²) >= 11 is 0. The highest BCUT2D eigenvalue weighted by molar-refractivity contribution is 5.86. The van der Waals surface area contributed by atoms with Crippen LogP contribution in [0.15, 0.2) is 47.3 Å². The molecule has 5 rings (SSSR count). The molecule has 1 aliphatic carbocycles. The molecule has 0 spiro atoms. The minimum atomic E-state index is 0.293. The second-order valence-corrected chi connectivity index (χ2v) is 7.68. The molecule has 136 valence electrons. The predicted octanol–water partition coefficient (Wildman–Crippen LogP) is 4.08. The number of rotatable bonds is 6. The molecule has 1 aliphatic heterocycles. The highest BCUT2D eigenvalue weighted by Crippen LogP contribution is 2.34. The fraction of sp³-hybridized carbons (Fsp3) is 0.476. The molecule has 5 heteroatoms. The van der Waals surface area contributed by atoms with Gasteiger partial charge in [-0.15, -0.1) is 0 Å². The number of hydrogen-bond acceptors (Lipinski definition) is 4. The Morgan fingerprint density at radius 2 is 1.96 bits per heavy atom. The van der Waals surface area contributed by atoms with Crippen LogP contribution in [0.3, 0.4) is 0 Å². The van der Waals surface area contributed by atoms with Crippen LogP contribution in [-0.4, -0.2) is 33.8 Å². The number of piperidine rings is 1. The van der Waals surface area contributed by atoms with E-state index in [0.717, 1.165) is 56.4 Å². The van der Waals surface area contributed by atoms with Crippen LogP contribution in [0.25, 0.3) is 10.9 Å². The van der Waals surface area contributed by atoms with E-state index in [0.29, 0.717) is 6.10 Å². The van der Waals surface area contributed by atoms with E-state index in [-0.39, 0.29) is 0 Å². The van der Waals surface area contributed by atoms with Gasteiger partial charge in [-0.1, -0.05) is 11.2 Å². The standard InChI is InChI=1S/C21H25N3O2/c1-2-20-19(8-12-24(20)14-16-4-5-16)21(3-1)26-18-6-10-23(11-7-18)15-17-9-13-25-22-17/h1-3,8-9,12-13,16,18H,4-7,10-11,14-15H2. The summed E-state index contributed by atoms with van der Waals surface area (Å²) in [4.78, 5) is 2.42. The van der Waals surface area contributed by atoms with Crippen LogP contribution < -0.4 is 4.74 Å². The lowest BCUT2D eigenvalue weighted by atomic mass is 10.1. The van der Waals surface area contributed by atoms with E-state index >= 15 is 0 Å². The van der Waals surface area contributed by atoms with Crippen molar-refractivity contribution in [3.05, 3.63) is 48.5 Å². The van der Waals surface area contributed by atoms with Crippen LogP contribution in [0, 0.1) is 5.92 Å². The maximum atomic E-state index is 6.41. The largest absolute Gasteiger partial charge is 0.490 e. The van der Waals surface area contributed by atoms with Gasteiger partial charge in [0.1, 0.15) is 18.1 Å². The van der Waals surface area contributed by atoms with Crippen molar-refractivity contribution >= 4 is 10.9 Å². The monoisotopic (exact) mass is 351 g/mol. The van der Waals surface area contributed by atoms with Crippen molar-refractivity contribution in [3.63, 3.8) is 0 Å². The number of hydrogen-bond donors (Lipinski definition) is 0. The zero-order chi connectivity index (χ0) is 17.3. The second kappa shape index (κ2) is 6.80. The van der Waals surface area contributed by atoms with Crippen LogP contribution >= 0.6 is 0 Å². The lowest BCUT2D eigenvalue weighted by molar-refractivity contribution is 0.0967. The highest BCUT2D eigenvalue weighted by Gasteiger charge is 2.24. The Bertz CT molecular complexity index is 859. The summed E-state index contributed by atoms with van der Waals surface area (Å²) in [5.41, 5.74) is 2.31. The maximum Gasteiger partial charge on any atom is 0.129 e. The first kappa shape index (κ1) is 15.9. The molecule has 2 fully saturated rings. The van der Waals surface area contributed by atoms with E-state index < -0.39 is 0 Å². The smallest absolute Gasteiger partial charge is 0.129 e. The quantitative estimate of drug-likeness (QED) is 0.671. The molecule has 26 heavy (non-hydrogen) atoms. The van der Waals surface area contributed by atoms with Gasteiger partial charge >= 0.3 is 0 Å². The number of aromatic nitrogens is 2. The van der Waals surface area contributed by atoms with Gasteiger partial charge in [-0.25, -0.2) is 0 Å². The zero-order valence-electron chi connectivity index (χ0n) is 15.0. The Labute approximate surface area is 153 Å². The fourth-order valence-electron chi connectivity index (χ4n) is 3.95. The van der Waals surface area contributed by atoms with Gasteiger partial charge in [-0.2, -0.15) is 0 Å². The van der Waals surface area contributed by atoms with E-state index in [4.69, 9.17) is 9.26 Å². The molecule has 1 aromatic carbocycles. The number of nitrogens with zero attached hydrogens (tertiary/aromatic N) is 3. The highest BCUT2D eigenvalue weighted by atomic mass is 16.5. The third-order valence-corrected chi connectivity index (χ3v) is 5.63. The summed E-state index contributed by atoms with van der Waals surface area (Å²) in [6.07, 6.45) is 9.01. The van der Waals surface area contributed by atoms with E-state index in [1.807, 2.05) is 6.07 Å². The summed E-state index contributed by atoms with van der Waals surface area (Å²) in [7, 11) is 0. The van der Waals surface area contributed by atoms with Crippen LogP contribution in [-0.2, 0) is 13.1 Å². The van der Waals surface area contributed by atoms with Gasteiger partial charge in [0.25, 0.3) is 0 Å². The van der Waals surface area contributed by atoms with Gasteiger partial charge < -0.3 is 13.8 Å². The van der Waals surface area contributed by atoms with E-state index in [2.05, 4.69) is 45.1 Å². The van der Waals surface area contributed by atoms with Gasteiger partial charge in [-0.3, -0.25) is 4.90 Å². The summed E-state index contributed by atoms with van der Waals surface area (Å²) < 4.78 is 13.7. The number of fused-ring (bicyclic) bond motifs is 1. The Hall–Kier alpha value is -2.27. The SMILES string of the molecule is c1cc(OC2CCN(Cc3ccon3)CC2)c2ccn(CC3CC3)c2c1. The predicted molar refractivity (Wildman–Crippen MR) is 100 cm³/mol. The number of benzene rings is 1.